The van der Waals surface area contributed by atoms with E-state index in [1.165, 1.54) is 12.1 Å². The summed E-state index contributed by atoms with van der Waals surface area (Å²) in [5, 5.41) is 11.6. The van der Waals surface area contributed by atoms with Crippen molar-refractivity contribution in [2.45, 2.75) is 11.8 Å². The first kappa shape index (κ1) is 17.4. The quantitative estimate of drug-likeness (QED) is 0.329. The Morgan fingerprint density at radius 2 is 1.33 bits per heavy atom. The lowest BCUT2D eigenvalue weighted by molar-refractivity contribution is -0.384. The van der Waals surface area contributed by atoms with Crippen molar-refractivity contribution >= 4 is 23.1 Å². The van der Waals surface area contributed by atoms with Gasteiger partial charge in [0.2, 0.25) is 0 Å². The van der Waals surface area contributed by atoms with E-state index in [2.05, 4.69) is 0 Å². The third kappa shape index (κ3) is 3.36. The maximum absolute atomic E-state index is 13.1. The second-order valence-electron chi connectivity index (χ2n) is 6.71. The Morgan fingerprint density at radius 1 is 0.815 bits per heavy atom. The number of carbonyl (C=O) groups excluding carboxylic acids is 1. The molecule has 0 N–H and O–H groups in total. The molecule has 3 aromatic carbocycles. The molecule has 0 amide bonds. The molecule has 134 valence electrons. The van der Waals surface area contributed by atoms with Crippen LogP contribution in [0.25, 0.3) is 0 Å². The van der Waals surface area contributed by atoms with Crippen molar-refractivity contribution in [3.8, 4) is 0 Å². The van der Waals surface area contributed by atoms with Crippen molar-refractivity contribution in [2.75, 3.05) is 0 Å². The highest BCUT2D eigenvalue weighted by molar-refractivity contribution is 6.30. The van der Waals surface area contributed by atoms with E-state index in [0.29, 0.717) is 10.6 Å². The monoisotopic (exact) mass is 377 g/mol. The van der Waals surface area contributed by atoms with Crippen LogP contribution in [0, 0.1) is 16.0 Å². The molecule has 5 heteroatoms. The van der Waals surface area contributed by atoms with E-state index < -0.39 is 4.92 Å². The predicted octanol–water partition coefficient (Wildman–Crippen LogP) is 5.63. The number of benzene rings is 3. The third-order valence-electron chi connectivity index (χ3n) is 5.12. The number of nitro benzene ring substituents is 1. The zero-order chi connectivity index (χ0) is 19.0. The first-order chi connectivity index (χ1) is 13.1. The minimum atomic E-state index is -0.417. The summed E-state index contributed by atoms with van der Waals surface area (Å²) in [5.74, 6) is -0.0509. The summed E-state index contributed by atoms with van der Waals surface area (Å²) in [5.41, 5.74) is 2.73. The molecule has 0 aromatic heterocycles. The number of hydrogen-bond acceptors (Lipinski definition) is 3. The second-order valence-corrected chi connectivity index (χ2v) is 7.14. The van der Waals surface area contributed by atoms with E-state index in [1.54, 1.807) is 12.1 Å². The van der Waals surface area contributed by atoms with Crippen LogP contribution >= 0.6 is 11.6 Å². The molecule has 0 saturated heterocycles. The summed E-state index contributed by atoms with van der Waals surface area (Å²) in [7, 11) is 0. The highest BCUT2D eigenvalue weighted by atomic mass is 35.5. The van der Waals surface area contributed by atoms with Gasteiger partial charge in [0.15, 0.2) is 5.78 Å². The molecule has 3 atom stereocenters. The van der Waals surface area contributed by atoms with Crippen LogP contribution in [0.2, 0.25) is 5.02 Å². The summed E-state index contributed by atoms with van der Waals surface area (Å²) >= 11 is 6.00. The van der Waals surface area contributed by atoms with Crippen molar-refractivity contribution < 1.29 is 9.72 Å². The summed E-state index contributed by atoms with van der Waals surface area (Å²) < 4.78 is 0. The average Bonchev–Trinajstić information content (AvgIpc) is 3.44. The summed E-state index contributed by atoms with van der Waals surface area (Å²) in [4.78, 5) is 23.6. The molecule has 4 nitrogen and oxygen atoms in total. The van der Waals surface area contributed by atoms with Gasteiger partial charge in [-0.05, 0) is 23.3 Å². The summed E-state index contributed by atoms with van der Waals surface area (Å²) in [6.45, 7) is 0. The normalized spacial score (nSPS) is 20.9. The highest BCUT2D eigenvalue weighted by Gasteiger charge is 2.55. The van der Waals surface area contributed by atoms with Crippen LogP contribution in [-0.4, -0.2) is 10.7 Å². The number of non-ortho nitro benzene ring substituents is 1. The van der Waals surface area contributed by atoms with Crippen LogP contribution < -0.4 is 0 Å². The lowest BCUT2D eigenvalue weighted by Crippen LogP contribution is -2.04. The molecule has 27 heavy (non-hydrogen) atoms. The van der Waals surface area contributed by atoms with E-state index in [1.807, 2.05) is 54.6 Å². The Kier molecular flexibility index (Phi) is 4.50. The zero-order valence-electron chi connectivity index (χ0n) is 14.3. The van der Waals surface area contributed by atoms with Crippen molar-refractivity contribution in [3.63, 3.8) is 0 Å². The molecule has 4 rings (SSSR count). The minimum absolute atomic E-state index is 0.000291. The molecule has 0 spiro atoms. The van der Waals surface area contributed by atoms with Crippen LogP contribution in [0.3, 0.4) is 0 Å². The van der Waals surface area contributed by atoms with Gasteiger partial charge in [0.25, 0.3) is 5.69 Å². The van der Waals surface area contributed by atoms with Gasteiger partial charge in [0, 0.05) is 40.5 Å². The number of rotatable bonds is 5. The average molecular weight is 378 g/mol. The van der Waals surface area contributed by atoms with Gasteiger partial charge < -0.3 is 0 Å². The lowest BCUT2D eigenvalue weighted by atomic mass is 10.0. The molecular formula is C22H16ClNO3. The maximum Gasteiger partial charge on any atom is 0.269 e. The Morgan fingerprint density at radius 3 is 1.85 bits per heavy atom. The maximum atomic E-state index is 13.1. The molecule has 1 saturated carbocycles. The fraction of sp³-hybridized carbons (Fsp3) is 0.136. The number of nitro groups is 1. The van der Waals surface area contributed by atoms with Crippen LogP contribution in [0.1, 0.15) is 33.3 Å². The molecule has 0 aliphatic heterocycles. The zero-order valence-corrected chi connectivity index (χ0v) is 15.0. The van der Waals surface area contributed by atoms with Gasteiger partial charge >= 0.3 is 0 Å². The Labute approximate surface area is 161 Å². The first-order valence-corrected chi connectivity index (χ1v) is 9.03. The number of carbonyl (C=O) groups is 1. The first-order valence-electron chi connectivity index (χ1n) is 8.65. The summed E-state index contributed by atoms with van der Waals surface area (Å²) in [6.07, 6.45) is 0. The molecule has 1 aliphatic carbocycles. The second kappa shape index (κ2) is 6.97. The van der Waals surface area contributed by atoms with Crippen LogP contribution in [0.4, 0.5) is 5.69 Å². The van der Waals surface area contributed by atoms with Gasteiger partial charge in [-0.15, -0.1) is 0 Å². The minimum Gasteiger partial charge on any atom is -0.294 e. The fourth-order valence-electron chi connectivity index (χ4n) is 3.76. The van der Waals surface area contributed by atoms with Crippen molar-refractivity contribution in [1.29, 1.82) is 0 Å². The van der Waals surface area contributed by atoms with Crippen LogP contribution in [-0.2, 0) is 0 Å². The molecule has 1 fully saturated rings. The van der Waals surface area contributed by atoms with Crippen molar-refractivity contribution in [2.24, 2.45) is 5.92 Å². The smallest absolute Gasteiger partial charge is 0.269 e. The topological polar surface area (TPSA) is 60.2 Å². The van der Waals surface area contributed by atoms with Gasteiger partial charge in [-0.2, -0.15) is 0 Å². The van der Waals surface area contributed by atoms with E-state index in [9.17, 15) is 14.9 Å². The lowest BCUT2D eigenvalue weighted by Gasteiger charge is -2.01. The number of hydrogen-bond donors (Lipinski definition) is 0. The standard InChI is InChI=1S/C22H16ClNO3/c23-17-10-6-14(7-11-17)19-20(15-8-12-18(13-9-15)24(26)27)21(19)22(25)16-4-2-1-3-5-16/h1-13,19-21H/t19-,20-,21+/m0/s1. The molecular weight excluding hydrogens is 362 g/mol. The van der Waals surface area contributed by atoms with Gasteiger partial charge in [0.05, 0.1) is 4.92 Å². The largest absolute Gasteiger partial charge is 0.294 e. The fourth-order valence-corrected chi connectivity index (χ4v) is 3.89. The Balaban J connectivity index is 1.69. The van der Waals surface area contributed by atoms with Gasteiger partial charge in [0.1, 0.15) is 0 Å². The van der Waals surface area contributed by atoms with Crippen molar-refractivity contribution in [3.05, 3.63) is 111 Å². The molecule has 0 heterocycles. The van der Waals surface area contributed by atoms with Crippen LogP contribution in [0.15, 0.2) is 78.9 Å². The van der Waals surface area contributed by atoms with Gasteiger partial charge in [-0.3, -0.25) is 14.9 Å². The van der Waals surface area contributed by atoms with Gasteiger partial charge in [-0.25, -0.2) is 0 Å². The van der Waals surface area contributed by atoms with E-state index in [4.69, 9.17) is 11.6 Å². The van der Waals surface area contributed by atoms with Gasteiger partial charge in [-0.1, -0.05) is 66.2 Å². The van der Waals surface area contributed by atoms with Crippen LogP contribution in [0.5, 0.6) is 0 Å². The molecule has 0 radical (unpaired) electrons. The predicted molar refractivity (Wildman–Crippen MR) is 104 cm³/mol. The van der Waals surface area contributed by atoms with E-state index in [-0.39, 0.29) is 29.2 Å². The number of nitrogens with zero attached hydrogens (tertiary/aromatic N) is 1. The number of Topliss-reactive ketones (excluding diaryl/α,β-unsaturated/α-hetero) is 1. The third-order valence-corrected chi connectivity index (χ3v) is 5.38. The number of halogens is 1. The Bertz CT molecular complexity index is 984. The molecule has 1 aliphatic rings. The highest BCUT2D eigenvalue weighted by Crippen LogP contribution is 2.61. The SMILES string of the molecule is O=C(c1ccccc1)[C@@H]1[C@@H](c2ccc(Cl)cc2)[C@@H]1c1ccc([N+](=O)[O-])cc1. The number of ketones is 1. The molecule has 3 aromatic rings. The molecule has 0 bridgehead atoms. The Hall–Kier alpha value is -2.98. The van der Waals surface area contributed by atoms with E-state index in [0.717, 1.165) is 11.1 Å². The molecule has 0 unspecified atom stereocenters. The van der Waals surface area contributed by atoms with Crippen molar-refractivity contribution in [1.82, 2.24) is 0 Å². The van der Waals surface area contributed by atoms with E-state index >= 15 is 0 Å². The summed E-state index contributed by atoms with van der Waals surface area (Å²) in [6, 6.07) is 23.3.